The van der Waals surface area contributed by atoms with Crippen LogP contribution < -0.4 is 4.90 Å². The third-order valence-electron chi connectivity index (χ3n) is 4.24. The average Bonchev–Trinajstić information content (AvgIpc) is 2.66. The molecule has 0 aliphatic carbocycles. The maximum absolute atomic E-state index is 3.61. The molecule has 0 radical (unpaired) electrons. The number of anilines is 1. The molecule has 0 atom stereocenters. The Morgan fingerprint density at radius 1 is 0.556 bits per heavy atom. The lowest BCUT2D eigenvalue weighted by molar-refractivity contribution is 1.12. The molecule has 0 unspecified atom stereocenters. The molecule has 0 saturated heterocycles. The van der Waals surface area contributed by atoms with Crippen molar-refractivity contribution in [1.82, 2.24) is 0 Å². The predicted octanol–water partition coefficient (Wildman–Crippen LogP) is 7.62. The first-order valence-corrected chi connectivity index (χ1v) is 10.3. The van der Waals surface area contributed by atoms with Crippen molar-refractivity contribution >= 4 is 61.9 Å². The van der Waals surface area contributed by atoms with Crippen molar-refractivity contribution in [2.24, 2.45) is 0 Å². The van der Waals surface area contributed by atoms with Crippen molar-refractivity contribution in [3.05, 3.63) is 97.9 Å². The van der Waals surface area contributed by atoms with Gasteiger partial charge in [-0.05, 0) is 34.4 Å². The molecule has 3 heteroatoms. The van der Waals surface area contributed by atoms with E-state index in [1.807, 2.05) is 24.3 Å². The molecular formula is C24H21Br2N. The third kappa shape index (κ3) is 5.00. The highest BCUT2D eigenvalue weighted by Gasteiger charge is 2.07. The fourth-order valence-corrected chi connectivity index (χ4v) is 3.78. The maximum Gasteiger partial charge on any atom is 0.0508 e. The minimum absolute atomic E-state index is 1.10. The zero-order valence-electron chi connectivity index (χ0n) is 15.4. The van der Waals surface area contributed by atoms with Crippen molar-refractivity contribution in [3.8, 4) is 0 Å². The molecule has 0 aliphatic rings. The monoisotopic (exact) mass is 481 g/mol. The van der Waals surface area contributed by atoms with E-state index in [0.29, 0.717) is 0 Å². The summed E-state index contributed by atoms with van der Waals surface area (Å²) in [5.41, 5.74) is 5.90. The Labute approximate surface area is 178 Å². The zero-order valence-corrected chi connectivity index (χ0v) is 18.5. The van der Waals surface area contributed by atoms with Gasteiger partial charge in [0.05, 0.1) is 5.69 Å². The van der Waals surface area contributed by atoms with Crippen LogP contribution in [0.25, 0.3) is 24.3 Å². The van der Waals surface area contributed by atoms with Crippen LogP contribution in [0.3, 0.4) is 0 Å². The lowest BCUT2D eigenvalue weighted by atomic mass is 10.0. The summed E-state index contributed by atoms with van der Waals surface area (Å²) in [4.78, 5) is 2.17. The van der Waals surface area contributed by atoms with Gasteiger partial charge in [-0.25, -0.2) is 0 Å². The minimum atomic E-state index is 1.10. The van der Waals surface area contributed by atoms with Crippen LogP contribution in [0.1, 0.15) is 22.3 Å². The zero-order chi connectivity index (χ0) is 19.2. The molecule has 0 spiro atoms. The van der Waals surface area contributed by atoms with E-state index in [0.717, 1.165) is 20.1 Å². The first-order chi connectivity index (χ1) is 13.1. The van der Waals surface area contributed by atoms with Crippen LogP contribution in [0.4, 0.5) is 5.69 Å². The topological polar surface area (TPSA) is 3.24 Å². The molecule has 0 N–H and O–H groups in total. The van der Waals surface area contributed by atoms with Gasteiger partial charge in [-0.3, -0.25) is 0 Å². The lowest BCUT2D eigenvalue weighted by Gasteiger charge is -2.19. The van der Waals surface area contributed by atoms with Gasteiger partial charge in [0.25, 0.3) is 0 Å². The molecule has 3 rings (SSSR count). The van der Waals surface area contributed by atoms with Crippen LogP contribution in [-0.4, -0.2) is 14.1 Å². The summed E-state index contributed by atoms with van der Waals surface area (Å²) in [5, 5.41) is 0. The first kappa shape index (κ1) is 19.7. The van der Waals surface area contributed by atoms with Crippen LogP contribution in [0.5, 0.6) is 0 Å². The van der Waals surface area contributed by atoms with E-state index >= 15 is 0 Å². The average molecular weight is 483 g/mol. The second kappa shape index (κ2) is 9.20. The van der Waals surface area contributed by atoms with Crippen LogP contribution in [-0.2, 0) is 0 Å². The van der Waals surface area contributed by atoms with E-state index < -0.39 is 0 Å². The number of para-hydroxylation sites is 1. The fraction of sp³-hybridized carbons (Fsp3) is 0.0833. The van der Waals surface area contributed by atoms with E-state index in [4.69, 9.17) is 0 Å². The smallest absolute Gasteiger partial charge is 0.0508 e. The Hall–Kier alpha value is -2.10. The number of rotatable bonds is 5. The Bertz CT molecular complexity index is 913. The van der Waals surface area contributed by atoms with Crippen LogP contribution >= 0.6 is 31.9 Å². The molecule has 136 valence electrons. The molecule has 0 bridgehead atoms. The SMILES string of the molecule is CN(C)c1c(/C=C/c2ccccc2Br)cccc1/C=C/c1ccccc1Br. The standard InChI is InChI=1S/C24H21Br2N/c1-27(2)24-20(16-14-18-8-3-5-12-22(18)25)10-7-11-21(24)17-15-19-9-4-6-13-23(19)26/h3-17H,1-2H3/b16-14+,17-15+. The van der Waals surface area contributed by atoms with Gasteiger partial charge in [0, 0.05) is 23.0 Å². The molecule has 0 aliphatic heterocycles. The molecule has 3 aromatic carbocycles. The Balaban J connectivity index is 1.98. The summed E-state index contributed by atoms with van der Waals surface area (Å²) in [5.74, 6) is 0. The fourth-order valence-electron chi connectivity index (χ4n) is 2.95. The predicted molar refractivity (Wildman–Crippen MR) is 127 cm³/mol. The van der Waals surface area contributed by atoms with E-state index in [1.54, 1.807) is 0 Å². The van der Waals surface area contributed by atoms with Crippen molar-refractivity contribution in [3.63, 3.8) is 0 Å². The molecule has 1 nitrogen and oxygen atoms in total. The molecule has 3 aromatic rings. The maximum atomic E-state index is 3.61. The summed E-state index contributed by atoms with van der Waals surface area (Å²) in [7, 11) is 4.17. The van der Waals surface area contributed by atoms with Crippen LogP contribution in [0.2, 0.25) is 0 Å². The third-order valence-corrected chi connectivity index (χ3v) is 5.69. The molecular weight excluding hydrogens is 462 g/mol. The Morgan fingerprint density at radius 3 is 1.33 bits per heavy atom. The number of benzene rings is 3. The second-order valence-corrected chi connectivity index (χ2v) is 8.10. The summed E-state index contributed by atoms with van der Waals surface area (Å²) >= 11 is 7.22. The van der Waals surface area contributed by atoms with Gasteiger partial charge in [0.1, 0.15) is 0 Å². The summed E-state index contributed by atoms with van der Waals surface area (Å²) in [6.07, 6.45) is 8.64. The highest BCUT2D eigenvalue weighted by Crippen LogP contribution is 2.29. The second-order valence-electron chi connectivity index (χ2n) is 6.39. The number of hydrogen-bond donors (Lipinski definition) is 0. The van der Waals surface area contributed by atoms with Gasteiger partial charge < -0.3 is 4.90 Å². The molecule has 0 fully saturated rings. The van der Waals surface area contributed by atoms with Gasteiger partial charge in [-0.15, -0.1) is 0 Å². The van der Waals surface area contributed by atoms with Crippen LogP contribution in [0.15, 0.2) is 75.7 Å². The molecule has 0 amide bonds. The highest BCUT2D eigenvalue weighted by atomic mass is 79.9. The van der Waals surface area contributed by atoms with E-state index in [2.05, 4.69) is 118 Å². The molecule has 27 heavy (non-hydrogen) atoms. The number of nitrogens with zero attached hydrogens (tertiary/aromatic N) is 1. The van der Waals surface area contributed by atoms with Gasteiger partial charge >= 0.3 is 0 Å². The van der Waals surface area contributed by atoms with E-state index in [9.17, 15) is 0 Å². The number of halogens is 2. The molecule has 0 saturated carbocycles. The van der Waals surface area contributed by atoms with Gasteiger partial charge in [0.2, 0.25) is 0 Å². The van der Waals surface area contributed by atoms with E-state index in [-0.39, 0.29) is 0 Å². The first-order valence-electron chi connectivity index (χ1n) is 8.72. The summed E-state index contributed by atoms with van der Waals surface area (Å²) in [6, 6.07) is 22.9. The van der Waals surface area contributed by atoms with Gasteiger partial charge in [0.15, 0.2) is 0 Å². The van der Waals surface area contributed by atoms with Crippen molar-refractivity contribution in [1.29, 1.82) is 0 Å². The highest BCUT2D eigenvalue weighted by molar-refractivity contribution is 9.10. The van der Waals surface area contributed by atoms with Gasteiger partial charge in [-0.1, -0.05) is 111 Å². The minimum Gasteiger partial charge on any atom is -0.377 e. The van der Waals surface area contributed by atoms with Crippen LogP contribution in [0, 0.1) is 0 Å². The lowest BCUT2D eigenvalue weighted by Crippen LogP contribution is -2.11. The normalized spacial score (nSPS) is 11.4. The van der Waals surface area contributed by atoms with Crippen molar-refractivity contribution < 1.29 is 0 Å². The van der Waals surface area contributed by atoms with Crippen molar-refractivity contribution in [2.75, 3.05) is 19.0 Å². The summed E-state index contributed by atoms with van der Waals surface area (Å²) in [6.45, 7) is 0. The largest absolute Gasteiger partial charge is 0.377 e. The van der Waals surface area contributed by atoms with Crippen molar-refractivity contribution in [2.45, 2.75) is 0 Å². The Morgan fingerprint density at radius 2 is 0.926 bits per heavy atom. The number of hydrogen-bond acceptors (Lipinski definition) is 1. The van der Waals surface area contributed by atoms with Gasteiger partial charge in [-0.2, -0.15) is 0 Å². The summed E-state index contributed by atoms with van der Waals surface area (Å²) < 4.78 is 2.19. The quantitative estimate of drug-likeness (QED) is 0.338. The molecule has 0 aromatic heterocycles. The van der Waals surface area contributed by atoms with E-state index in [1.165, 1.54) is 16.8 Å². The molecule has 0 heterocycles. The Kier molecular flexibility index (Phi) is 6.70.